The number of ether oxygens (including phenoxy) is 9. The van der Waals surface area contributed by atoms with Crippen LogP contribution in [0.25, 0.3) is 0 Å². The highest BCUT2D eigenvalue weighted by atomic mass is 16.6. The van der Waals surface area contributed by atoms with Crippen molar-refractivity contribution in [2.75, 3.05) is 106 Å². The molecule has 10 heteroatoms. The summed E-state index contributed by atoms with van der Waals surface area (Å²) in [6, 6.07) is 10.1. The summed E-state index contributed by atoms with van der Waals surface area (Å²) in [7, 11) is 0. The summed E-state index contributed by atoms with van der Waals surface area (Å²) < 4.78 is 49.0. The second-order valence-electron chi connectivity index (χ2n) is 9.92. The van der Waals surface area contributed by atoms with Gasteiger partial charge in [0.1, 0.15) is 6.61 Å². The smallest absolute Gasteiger partial charge is 0.305 e. The lowest BCUT2D eigenvalue weighted by atomic mass is 10.1. The Balaban J connectivity index is 1.65. The van der Waals surface area contributed by atoms with Gasteiger partial charge in [0.2, 0.25) is 0 Å². The summed E-state index contributed by atoms with van der Waals surface area (Å²) in [4.78, 5) is 11.7. The van der Waals surface area contributed by atoms with Gasteiger partial charge in [0, 0.05) is 6.42 Å². The molecule has 0 saturated heterocycles. The highest BCUT2D eigenvalue weighted by molar-refractivity contribution is 5.69. The summed E-state index contributed by atoms with van der Waals surface area (Å²) in [5.41, 5.74) is 1.16. The molecular formula is C33H58O10. The molecule has 0 heterocycles. The number of carbonyl (C=O) groups excluding carboxylic acids is 1. The van der Waals surface area contributed by atoms with Gasteiger partial charge in [0.15, 0.2) is 0 Å². The maximum absolute atomic E-state index is 11.7. The van der Waals surface area contributed by atoms with Gasteiger partial charge >= 0.3 is 5.97 Å². The first-order valence-corrected chi connectivity index (χ1v) is 16.1. The second-order valence-corrected chi connectivity index (χ2v) is 9.92. The largest absolute Gasteiger partial charge is 0.463 e. The quantitative estimate of drug-likeness (QED) is 0.0779. The summed E-state index contributed by atoms with van der Waals surface area (Å²) in [5, 5.41) is 0. The minimum absolute atomic E-state index is 0.137. The third kappa shape index (κ3) is 30.2. The Morgan fingerprint density at radius 3 is 1.28 bits per heavy atom. The Morgan fingerprint density at radius 2 is 0.837 bits per heavy atom. The Bertz CT molecular complexity index is 692. The first-order chi connectivity index (χ1) is 21.3. The maximum Gasteiger partial charge on any atom is 0.305 e. The monoisotopic (exact) mass is 614 g/mol. The number of rotatable bonds is 34. The van der Waals surface area contributed by atoms with Crippen molar-refractivity contribution < 1.29 is 47.4 Å². The Kier molecular flexibility index (Phi) is 30.5. The summed E-state index contributed by atoms with van der Waals surface area (Å²) in [6.45, 7) is 10.7. The van der Waals surface area contributed by atoms with Crippen molar-refractivity contribution in [3.8, 4) is 0 Å². The van der Waals surface area contributed by atoms with Crippen LogP contribution in [0.2, 0.25) is 0 Å². The van der Waals surface area contributed by atoms with Crippen molar-refractivity contribution in [2.45, 2.75) is 64.9 Å². The predicted molar refractivity (Wildman–Crippen MR) is 165 cm³/mol. The second kappa shape index (κ2) is 33.3. The van der Waals surface area contributed by atoms with E-state index < -0.39 is 0 Å². The third-order valence-electron chi connectivity index (χ3n) is 6.19. The first kappa shape index (κ1) is 39.4. The van der Waals surface area contributed by atoms with E-state index in [1.807, 2.05) is 30.3 Å². The van der Waals surface area contributed by atoms with E-state index in [2.05, 4.69) is 6.92 Å². The average molecular weight is 615 g/mol. The Hall–Kier alpha value is -1.63. The van der Waals surface area contributed by atoms with Crippen LogP contribution in [0.4, 0.5) is 0 Å². The number of hydrogen-bond donors (Lipinski definition) is 0. The van der Waals surface area contributed by atoms with E-state index in [9.17, 15) is 4.79 Å². The highest BCUT2D eigenvalue weighted by Crippen LogP contribution is 2.08. The molecule has 0 fully saturated rings. The molecule has 250 valence electrons. The van der Waals surface area contributed by atoms with Crippen LogP contribution >= 0.6 is 0 Å². The lowest BCUT2D eigenvalue weighted by Gasteiger charge is -2.09. The van der Waals surface area contributed by atoms with Gasteiger partial charge in [0.05, 0.1) is 106 Å². The molecule has 43 heavy (non-hydrogen) atoms. The van der Waals surface area contributed by atoms with Crippen LogP contribution < -0.4 is 0 Å². The van der Waals surface area contributed by atoms with Crippen molar-refractivity contribution >= 4 is 5.97 Å². The fourth-order valence-corrected chi connectivity index (χ4v) is 3.82. The predicted octanol–water partition coefficient (Wildman–Crippen LogP) is 5.00. The zero-order valence-corrected chi connectivity index (χ0v) is 26.6. The van der Waals surface area contributed by atoms with Gasteiger partial charge in [-0.25, -0.2) is 0 Å². The van der Waals surface area contributed by atoms with Crippen LogP contribution in [0.15, 0.2) is 30.3 Å². The van der Waals surface area contributed by atoms with Crippen molar-refractivity contribution in [3.63, 3.8) is 0 Å². The first-order valence-electron chi connectivity index (χ1n) is 16.1. The van der Waals surface area contributed by atoms with Crippen molar-refractivity contribution in [2.24, 2.45) is 0 Å². The zero-order chi connectivity index (χ0) is 30.7. The molecule has 0 radical (unpaired) electrons. The van der Waals surface area contributed by atoms with Crippen LogP contribution in [0.3, 0.4) is 0 Å². The van der Waals surface area contributed by atoms with Crippen LogP contribution in [0, 0.1) is 0 Å². The molecule has 0 aliphatic heterocycles. The molecule has 10 nitrogen and oxygen atoms in total. The van der Waals surface area contributed by atoms with E-state index in [0.717, 1.165) is 18.4 Å². The molecule has 0 spiro atoms. The van der Waals surface area contributed by atoms with Gasteiger partial charge in [-0.2, -0.15) is 0 Å². The topological polar surface area (TPSA) is 100 Å². The minimum atomic E-state index is -0.137. The Labute approximate surface area is 259 Å². The molecule has 0 atom stereocenters. The molecule has 1 aromatic carbocycles. The molecule has 0 unspecified atom stereocenters. The number of esters is 1. The molecule has 0 saturated carbocycles. The molecule has 0 aliphatic rings. The number of carbonyl (C=O) groups is 1. The average Bonchev–Trinajstić information content (AvgIpc) is 3.02. The van der Waals surface area contributed by atoms with Crippen molar-refractivity contribution in [1.29, 1.82) is 0 Å². The number of hydrogen-bond acceptors (Lipinski definition) is 10. The molecule has 0 N–H and O–H groups in total. The van der Waals surface area contributed by atoms with Gasteiger partial charge < -0.3 is 42.6 Å². The number of benzene rings is 1. The molecule has 1 aromatic rings. The van der Waals surface area contributed by atoms with E-state index in [-0.39, 0.29) is 5.97 Å². The fraction of sp³-hybridized carbons (Fsp3) is 0.788. The lowest BCUT2D eigenvalue weighted by molar-refractivity contribution is -0.145. The normalized spacial score (nSPS) is 11.3. The summed E-state index contributed by atoms with van der Waals surface area (Å²) in [6.07, 6.45) is 8.82. The molecule has 1 rings (SSSR count). The molecule has 0 aromatic heterocycles. The molecule has 0 amide bonds. The van der Waals surface area contributed by atoms with Crippen LogP contribution in [-0.4, -0.2) is 112 Å². The van der Waals surface area contributed by atoms with Gasteiger partial charge in [-0.15, -0.1) is 0 Å². The van der Waals surface area contributed by atoms with Crippen molar-refractivity contribution in [3.05, 3.63) is 35.9 Å². The van der Waals surface area contributed by atoms with Gasteiger partial charge in [-0.1, -0.05) is 75.8 Å². The SMILES string of the molecule is CCCCCCCCCC(=O)OCCOCCOCCOCCOCCOCCOCCOCCOCc1ccccc1. The van der Waals surface area contributed by atoms with Crippen LogP contribution in [0.1, 0.15) is 63.9 Å². The maximum atomic E-state index is 11.7. The van der Waals surface area contributed by atoms with Gasteiger partial charge in [0.25, 0.3) is 0 Å². The molecular weight excluding hydrogens is 556 g/mol. The summed E-state index contributed by atoms with van der Waals surface area (Å²) >= 11 is 0. The van der Waals surface area contributed by atoms with Crippen LogP contribution in [0.5, 0.6) is 0 Å². The standard InChI is InChI=1S/C33H58O10/c1-2-3-4-5-6-7-11-14-33(34)43-30-29-41-26-25-39-22-21-37-18-17-35-15-16-36-19-20-38-23-24-40-27-28-42-31-32-12-9-8-10-13-32/h8-10,12-13H,2-7,11,14-31H2,1H3. The fourth-order valence-electron chi connectivity index (χ4n) is 3.82. The van der Waals surface area contributed by atoms with Crippen molar-refractivity contribution in [1.82, 2.24) is 0 Å². The molecule has 0 aliphatic carbocycles. The molecule has 0 bridgehead atoms. The van der Waals surface area contributed by atoms with E-state index >= 15 is 0 Å². The zero-order valence-electron chi connectivity index (χ0n) is 26.6. The van der Waals surface area contributed by atoms with E-state index in [1.165, 1.54) is 32.1 Å². The lowest BCUT2D eigenvalue weighted by Crippen LogP contribution is -2.15. The van der Waals surface area contributed by atoms with Gasteiger partial charge in [-0.3, -0.25) is 4.79 Å². The van der Waals surface area contributed by atoms with Crippen LogP contribution in [-0.2, 0) is 54.0 Å². The van der Waals surface area contributed by atoms with E-state index in [0.29, 0.717) is 119 Å². The van der Waals surface area contributed by atoms with E-state index in [1.54, 1.807) is 0 Å². The number of unbranched alkanes of at least 4 members (excludes halogenated alkanes) is 6. The third-order valence-corrected chi connectivity index (χ3v) is 6.19. The minimum Gasteiger partial charge on any atom is -0.463 e. The highest BCUT2D eigenvalue weighted by Gasteiger charge is 2.02. The van der Waals surface area contributed by atoms with E-state index in [4.69, 9.17) is 42.6 Å². The Morgan fingerprint density at radius 1 is 0.465 bits per heavy atom. The summed E-state index contributed by atoms with van der Waals surface area (Å²) in [5.74, 6) is -0.137. The van der Waals surface area contributed by atoms with Gasteiger partial charge in [-0.05, 0) is 12.0 Å².